The third kappa shape index (κ3) is 6.40. The lowest BCUT2D eigenvalue weighted by Gasteiger charge is -2.37. The summed E-state index contributed by atoms with van der Waals surface area (Å²) < 4.78 is 5.68. The first-order chi connectivity index (χ1) is 19.4. The number of piperazine rings is 1. The maximum absolute atomic E-state index is 12.6. The van der Waals surface area contributed by atoms with Crippen molar-refractivity contribution in [2.75, 3.05) is 55.7 Å². The van der Waals surface area contributed by atoms with E-state index in [0.717, 1.165) is 87.0 Å². The maximum atomic E-state index is 12.6. The van der Waals surface area contributed by atoms with Crippen molar-refractivity contribution in [1.82, 2.24) is 20.6 Å². The van der Waals surface area contributed by atoms with Crippen molar-refractivity contribution >= 4 is 11.5 Å². The Morgan fingerprint density at radius 2 is 1.82 bits per heavy atom. The van der Waals surface area contributed by atoms with E-state index in [-0.39, 0.29) is 5.56 Å². The molecule has 2 aliphatic rings. The van der Waals surface area contributed by atoms with E-state index >= 15 is 0 Å². The smallest absolute Gasteiger partial charge is 0.252 e. The number of hydrogen-bond acceptors (Lipinski definition) is 7. The first-order valence-corrected chi connectivity index (χ1v) is 14.7. The second kappa shape index (κ2) is 13.0. The molecule has 214 valence electrons. The number of nitrogens with one attached hydrogen (secondary N) is 3. The number of ether oxygens (including phenoxy) is 1. The molecule has 3 N–H and O–H groups in total. The summed E-state index contributed by atoms with van der Waals surface area (Å²) in [5, 5.41) is 6.98. The molecule has 2 saturated heterocycles. The van der Waals surface area contributed by atoms with Gasteiger partial charge in [0.05, 0.1) is 0 Å². The van der Waals surface area contributed by atoms with E-state index in [1.807, 2.05) is 26.1 Å². The average Bonchev–Trinajstić information content (AvgIpc) is 2.97. The topological polar surface area (TPSA) is 85.5 Å². The van der Waals surface area contributed by atoms with Crippen LogP contribution in [-0.4, -0.2) is 61.9 Å². The zero-order valence-electron chi connectivity index (χ0n) is 24.5. The number of aromatic amines is 1. The molecule has 2 fully saturated rings. The van der Waals surface area contributed by atoms with Crippen LogP contribution in [-0.2, 0) is 17.8 Å². The fraction of sp³-hybridized carbons (Fsp3) is 0.500. The second-order valence-corrected chi connectivity index (χ2v) is 11.1. The van der Waals surface area contributed by atoms with Crippen LogP contribution in [0.2, 0.25) is 0 Å². The quantitative estimate of drug-likeness (QED) is 0.375. The molecule has 2 aliphatic heterocycles. The molecule has 4 heterocycles. The molecule has 40 heavy (non-hydrogen) atoms. The summed E-state index contributed by atoms with van der Waals surface area (Å²) in [5.41, 5.74) is 8.79. The zero-order chi connectivity index (χ0) is 28.1. The Morgan fingerprint density at radius 1 is 1.05 bits per heavy atom. The molecule has 0 bridgehead atoms. The first-order valence-electron chi connectivity index (χ1n) is 14.7. The van der Waals surface area contributed by atoms with Crippen molar-refractivity contribution in [3.63, 3.8) is 0 Å². The van der Waals surface area contributed by atoms with E-state index in [9.17, 15) is 4.79 Å². The van der Waals surface area contributed by atoms with Crippen LogP contribution in [0.15, 0.2) is 41.3 Å². The molecule has 0 atom stereocenters. The normalized spacial score (nSPS) is 16.4. The van der Waals surface area contributed by atoms with Crippen molar-refractivity contribution in [2.45, 2.75) is 59.7 Å². The molecule has 0 amide bonds. The van der Waals surface area contributed by atoms with Crippen molar-refractivity contribution in [3.8, 4) is 11.1 Å². The molecule has 0 spiro atoms. The van der Waals surface area contributed by atoms with Crippen LogP contribution < -0.4 is 26.0 Å². The van der Waals surface area contributed by atoms with E-state index in [1.54, 1.807) is 0 Å². The number of aryl methyl sites for hydroxylation is 2. The molecule has 0 unspecified atom stereocenters. The Balaban J connectivity index is 1.45. The number of H-pyrrole nitrogens is 1. The minimum Gasteiger partial charge on any atom is -0.381 e. The summed E-state index contributed by atoms with van der Waals surface area (Å²) in [6, 6.07) is 11.5. The first kappa shape index (κ1) is 28.3. The van der Waals surface area contributed by atoms with Crippen LogP contribution in [0.1, 0.15) is 47.7 Å². The van der Waals surface area contributed by atoms with E-state index in [2.05, 4.69) is 63.5 Å². The number of pyridine rings is 2. The van der Waals surface area contributed by atoms with Gasteiger partial charge in [0.25, 0.3) is 5.56 Å². The summed E-state index contributed by atoms with van der Waals surface area (Å²) in [4.78, 5) is 25.3. The van der Waals surface area contributed by atoms with E-state index in [0.29, 0.717) is 19.1 Å². The zero-order valence-corrected chi connectivity index (χ0v) is 24.5. The SMILES string of the molecule is CCN(c1cc(-c2ccc(N3CCNCC3)nc2)cc(CNCc2c(C)cc(C)[nH]c2=O)c1C)C1CCOCC1. The van der Waals surface area contributed by atoms with Crippen molar-refractivity contribution in [1.29, 1.82) is 0 Å². The van der Waals surface area contributed by atoms with Crippen LogP contribution in [0.3, 0.4) is 0 Å². The lowest BCUT2D eigenvalue weighted by molar-refractivity contribution is 0.0846. The Hall–Kier alpha value is -3.20. The van der Waals surface area contributed by atoms with Gasteiger partial charge in [-0.15, -0.1) is 0 Å². The molecule has 2 aromatic heterocycles. The third-order valence-corrected chi connectivity index (χ3v) is 8.40. The van der Waals surface area contributed by atoms with E-state index < -0.39 is 0 Å². The van der Waals surface area contributed by atoms with Gasteiger partial charge in [0.15, 0.2) is 0 Å². The van der Waals surface area contributed by atoms with Gasteiger partial charge in [0.1, 0.15) is 5.82 Å². The molecule has 0 aliphatic carbocycles. The number of rotatable bonds is 9. The van der Waals surface area contributed by atoms with Gasteiger partial charge in [0.2, 0.25) is 0 Å². The molecular weight excluding hydrogens is 500 g/mol. The highest BCUT2D eigenvalue weighted by molar-refractivity contribution is 5.73. The summed E-state index contributed by atoms with van der Waals surface area (Å²) in [6.45, 7) is 16.1. The highest BCUT2D eigenvalue weighted by atomic mass is 16.5. The molecule has 8 nitrogen and oxygen atoms in total. The van der Waals surface area contributed by atoms with E-state index in [4.69, 9.17) is 9.72 Å². The van der Waals surface area contributed by atoms with Crippen molar-refractivity contribution in [3.05, 3.63) is 74.8 Å². The standard InChI is InChI=1S/C32H44N6O2/c1-5-38(28-8-14-40-15-9-28)30-18-26(25-6-7-31(35-20-25)37-12-10-33-11-13-37)17-27(24(30)4)19-34-21-29-22(2)16-23(3)36-32(29)39/h6-7,16-18,20,28,33-34H,5,8-15,19,21H2,1-4H3,(H,36,39). The molecule has 5 rings (SSSR count). The minimum atomic E-state index is -0.0107. The molecular formula is C32H44N6O2. The van der Waals surface area contributed by atoms with Gasteiger partial charge in [-0.1, -0.05) is 0 Å². The average molecular weight is 545 g/mol. The maximum Gasteiger partial charge on any atom is 0.252 e. The Morgan fingerprint density at radius 3 is 2.50 bits per heavy atom. The number of aromatic nitrogens is 2. The van der Waals surface area contributed by atoms with Gasteiger partial charge in [-0.25, -0.2) is 4.98 Å². The van der Waals surface area contributed by atoms with Crippen molar-refractivity contribution in [2.24, 2.45) is 0 Å². The lowest BCUT2D eigenvalue weighted by Crippen LogP contribution is -2.43. The van der Waals surface area contributed by atoms with Crippen LogP contribution in [0.5, 0.6) is 0 Å². The van der Waals surface area contributed by atoms with Crippen LogP contribution in [0.4, 0.5) is 11.5 Å². The second-order valence-electron chi connectivity index (χ2n) is 11.1. The Labute approximate surface area is 238 Å². The molecule has 8 heteroatoms. The van der Waals surface area contributed by atoms with Gasteiger partial charge in [-0.3, -0.25) is 4.79 Å². The summed E-state index contributed by atoms with van der Waals surface area (Å²) >= 11 is 0. The van der Waals surface area contributed by atoms with Gasteiger partial charge in [0, 0.05) is 93.8 Å². The summed E-state index contributed by atoms with van der Waals surface area (Å²) in [7, 11) is 0. The van der Waals surface area contributed by atoms with Crippen LogP contribution >= 0.6 is 0 Å². The van der Waals surface area contributed by atoms with Crippen molar-refractivity contribution < 1.29 is 4.74 Å². The fourth-order valence-corrected chi connectivity index (χ4v) is 6.09. The summed E-state index contributed by atoms with van der Waals surface area (Å²) in [5.74, 6) is 1.04. The third-order valence-electron chi connectivity index (χ3n) is 8.40. The monoisotopic (exact) mass is 544 g/mol. The molecule has 3 aromatic rings. The number of benzene rings is 1. The van der Waals surface area contributed by atoms with Gasteiger partial charge in [-0.05, 0) is 93.1 Å². The highest BCUT2D eigenvalue weighted by Crippen LogP contribution is 2.34. The van der Waals surface area contributed by atoms with Crippen LogP contribution in [0, 0.1) is 20.8 Å². The van der Waals surface area contributed by atoms with Gasteiger partial charge in [-0.2, -0.15) is 0 Å². The number of hydrogen-bond donors (Lipinski definition) is 3. The van der Waals surface area contributed by atoms with Gasteiger partial charge < -0.3 is 30.2 Å². The molecule has 0 saturated carbocycles. The van der Waals surface area contributed by atoms with Gasteiger partial charge >= 0.3 is 0 Å². The number of anilines is 2. The largest absolute Gasteiger partial charge is 0.381 e. The number of nitrogens with zero attached hydrogens (tertiary/aromatic N) is 3. The molecule has 0 radical (unpaired) electrons. The lowest BCUT2D eigenvalue weighted by atomic mass is 9.96. The van der Waals surface area contributed by atoms with Crippen LogP contribution in [0.25, 0.3) is 11.1 Å². The fourth-order valence-electron chi connectivity index (χ4n) is 6.09. The van der Waals surface area contributed by atoms with E-state index in [1.165, 1.54) is 22.4 Å². The highest BCUT2D eigenvalue weighted by Gasteiger charge is 2.23. The Kier molecular flexibility index (Phi) is 9.19. The predicted octanol–water partition coefficient (Wildman–Crippen LogP) is 4.07. The predicted molar refractivity (Wildman–Crippen MR) is 163 cm³/mol. The molecule has 1 aromatic carbocycles. The minimum absolute atomic E-state index is 0.0107. The Bertz CT molecular complexity index is 1340. The summed E-state index contributed by atoms with van der Waals surface area (Å²) in [6.07, 6.45) is 4.10.